The first-order chi connectivity index (χ1) is 8.83. The standard InChI is InChI=1S/C14H18N2O2/c17-14(16-13-2-1-5-15-7-13)10-3-4-11-8-18-9-12(11)6-10/h3-4,6,13,15H,1-2,5,7-9H2,(H,16,17). The number of benzene rings is 1. The van der Waals surface area contributed by atoms with E-state index in [0.717, 1.165) is 37.1 Å². The molecule has 1 unspecified atom stereocenters. The second-order valence-electron chi connectivity index (χ2n) is 4.99. The Morgan fingerprint density at radius 1 is 1.33 bits per heavy atom. The second-order valence-corrected chi connectivity index (χ2v) is 4.99. The molecule has 2 aliphatic heterocycles. The molecule has 96 valence electrons. The van der Waals surface area contributed by atoms with Crippen LogP contribution in [0.3, 0.4) is 0 Å². The molecule has 1 aromatic carbocycles. The van der Waals surface area contributed by atoms with Gasteiger partial charge >= 0.3 is 0 Å². The Hall–Kier alpha value is -1.39. The third kappa shape index (κ3) is 2.40. The number of fused-ring (bicyclic) bond motifs is 1. The van der Waals surface area contributed by atoms with Gasteiger partial charge in [-0.2, -0.15) is 0 Å². The predicted molar refractivity (Wildman–Crippen MR) is 68.3 cm³/mol. The summed E-state index contributed by atoms with van der Waals surface area (Å²) in [4.78, 5) is 12.1. The molecular weight excluding hydrogens is 228 g/mol. The van der Waals surface area contributed by atoms with Crippen molar-refractivity contribution in [3.05, 3.63) is 34.9 Å². The van der Waals surface area contributed by atoms with Gasteiger partial charge in [-0.25, -0.2) is 0 Å². The summed E-state index contributed by atoms with van der Waals surface area (Å²) in [6, 6.07) is 6.10. The van der Waals surface area contributed by atoms with Crippen LogP contribution in [0.2, 0.25) is 0 Å². The Kier molecular flexibility index (Phi) is 3.30. The molecular formula is C14H18N2O2. The highest BCUT2D eigenvalue weighted by Crippen LogP contribution is 2.20. The molecule has 0 saturated carbocycles. The van der Waals surface area contributed by atoms with Gasteiger partial charge < -0.3 is 15.4 Å². The van der Waals surface area contributed by atoms with Crippen LogP contribution in [0.1, 0.15) is 34.3 Å². The smallest absolute Gasteiger partial charge is 0.251 e. The van der Waals surface area contributed by atoms with Gasteiger partial charge in [0.05, 0.1) is 13.2 Å². The van der Waals surface area contributed by atoms with Crippen molar-refractivity contribution in [3.8, 4) is 0 Å². The molecule has 1 saturated heterocycles. The van der Waals surface area contributed by atoms with Crippen molar-refractivity contribution >= 4 is 5.91 Å². The number of carbonyl (C=O) groups excluding carboxylic acids is 1. The van der Waals surface area contributed by atoms with Gasteiger partial charge in [0, 0.05) is 18.2 Å². The molecule has 18 heavy (non-hydrogen) atoms. The highest BCUT2D eigenvalue weighted by molar-refractivity contribution is 5.94. The van der Waals surface area contributed by atoms with Crippen LogP contribution in [-0.4, -0.2) is 25.0 Å². The number of ether oxygens (including phenoxy) is 1. The zero-order valence-corrected chi connectivity index (χ0v) is 10.4. The monoisotopic (exact) mass is 246 g/mol. The highest BCUT2D eigenvalue weighted by atomic mass is 16.5. The average Bonchev–Trinajstić information content (AvgIpc) is 2.87. The number of piperidine rings is 1. The summed E-state index contributed by atoms with van der Waals surface area (Å²) < 4.78 is 5.36. The summed E-state index contributed by atoms with van der Waals surface area (Å²) in [5.41, 5.74) is 3.08. The molecule has 0 spiro atoms. The van der Waals surface area contributed by atoms with Crippen LogP contribution in [-0.2, 0) is 18.0 Å². The molecule has 1 aromatic rings. The van der Waals surface area contributed by atoms with E-state index in [1.165, 1.54) is 5.56 Å². The lowest BCUT2D eigenvalue weighted by Gasteiger charge is -2.23. The van der Waals surface area contributed by atoms with Gasteiger partial charge in [-0.1, -0.05) is 6.07 Å². The fourth-order valence-corrected chi connectivity index (χ4v) is 2.56. The largest absolute Gasteiger partial charge is 0.372 e. The fraction of sp³-hybridized carbons (Fsp3) is 0.500. The van der Waals surface area contributed by atoms with Crippen LogP contribution in [0.15, 0.2) is 18.2 Å². The number of amides is 1. The molecule has 0 aliphatic carbocycles. The lowest BCUT2D eigenvalue weighted by Crippen LogP contribution is -2.45. The van der Waals surface area contributed by atoms with E-state index < -0.39 is 0 Å². The van der Waals surface area contributed by atoms with Crippen molar-refractivity contribution in [2.45, 2.75) is 32.1 Å². The van der Waals surface area contributed by atoms with Gasteiger partial charge in [0.2, 0.25) is 0 Å². The molecule has 1 amide bonds. The van der Waals surface area contributed by atoms with E-state index >= 15 is 0 Å². The first kappa shape index (κ1) is 11.7. The highest BCUT2D eigenvalue weighted by Gasteiger charge is 2.18. The third-order valence-corrected chi connectivity index (χ3v) is 3.62. The quantitative estimate of drug-likeness (QED) is 0.824. The van der Waals surface area contributed by atoms with Gasteiger partial charge in [-0.15, -0.1) is 0 Å². The van der Waals surface area contributed by atoms with Crippen molar-refractivity contribution in [1.29, 1.82) is 0 Å². The molecule has 2 N–H and O–H groups in total. The molecule has 1 atom stereocenters. The SMILES string of the molecule is O=C(NC1CCCNC1)c1ccc2c(c1)COC2. The minimum absolute atomic E-state index is 0.0263. The molecule has 3 rings (SSSR count). The molecule has 0 bridgehead atoms. The summed E-state index contributed by atoms with van der Waals surface area (Å²) in [6.45, 7) is 3.23. The molecule has 2 aliphatic rings. The zero-order valence-electron chi connectivity index (χ0n) is 10.4. The lowest BCUT2D eigenvalue weighted by molar-refractivity contribution is 0.0930. The molecule has 4 heteroatoms. The number of carbonyl (C=O) groups is 1. The van der Waals surface area contributed by atoms with E-state index in [0.29, 0.717) is 13.2 Å². The van der Waals surface area contributed by atoms with Crippen LogP contribution < -0.4 is 10.6 Å². The van der Waals surface area contributed by atoms with E-state index in [2.05, 4.69) is 10.6 Å². The summed E-state index contributed by atoms with van der Waals surface area (Å²) in [5, 5.41) is 6.38. The maximum atomic E-state index is 12.1. The van der Waals surface area contributed by atoms with E-state index in [-0.39, 0.29) is 11.9 Å². The Bertz CT molecular complexity index is 453. The van der Waals surface area contributed by atoms with Gasteiger partial charge in [0.1, 0.15) is 0 Å². The molecule has 4 nitrogen and oxygen atoms in total. The fourth-order valence-electron chi connectivity index (χ4n) is 2.56. The average molecular weight is 246 g/mol. The van der Waals surface area contributed by atoms with Crippen LogP contribution in [0.4, 0.5) is 0 Å². The van der Waals surface area contributed by atoms with Crippen LogP contribution in [0.25, 0.3) is 0 Å². The molecule has 0 aromatic heterocycles. The topological polar surface area (TPSA) is 50.4 Å². The lowest BCUT2D eigenvalue weighted by atomic mass is 10.0. The van der Waals surface area contributed by atoms with Crippen molar-refractivity contribution in [3.63, 3.8) is 0 Å². The van der Waals surface area contributed by atoms with Crippen molar-refractivity contribution in [2.24, 2.45) is 0 Å². The van der Waals surface area contributed by atoms with Gasteiger partial charge in [0.15, 0.2) is 0 Å². The maximum Gasteiger partial charge on any atom is 0.251 e. The van der Waals surface area contributed by atoms with E-state index in [9.17, 15) is 4.79 Å². The minimum Gasteiger partial charge on any atom is -0.372 e. The number of rotatable bonds is 2. The Morgan fingerprint density at radius 3 is 3.06 bits per heavy atom. The summed E-state index contributed by atoms with van der Waals surface area (Å²) >= 11 is 0. The Labute approximate surface area is 107 Å². The van der Waals surface area contributed by atoms with Crippen molar-refractivity contribution in [2.75, 3.05) is 13.1 Å². The summed E-state index contributed by atoms with van der Waals surface area (Å²) in [6.07, 6.45) is 2.19. The Morgan fingerprint density at radius 2 is 2.22 bits per heavy atom. The number of hydrogen-bond acceptors (Lipinski definition) is 3. The Balaban J connectivity index is 1.68. The van der Waals surface area contributed by atoms with Gasteiger partial charge in [-0.3, -0.25) is 4.79 Å². The number of nitrogens with one attached hydrogen (secondary N) is 2. The predicted octanol–water partition coefficient (Wildman–Crippen LogP) is 1.20. The minimum atomic E-state index is 0.0263. The summed E-state index contributed by atoms with van der Waals surface area (Å²) in [5.74, 6) is 0.0263. The first-order valence-corrected chi connectivity index (χ1v) is 6.54. The maximum absolute atomic E-state index is 12.1. The van der Waals surface area contributed by atoms with Crippen molar-refractivity contribution in [1.82, 2.24) is 10.6 Å². The second kappa shape index (κ2) is 5.08. The van der Waals surface area contributed by atoms with E-state index in [1.807, 2.05) is 18.2 Å². The van der Waals surface area contributed by atoms with Crippen LogP contribution in [0, 0.1) is 0 Å². The zero-order chi connectivity index (χ0) is 12.4. The number of hydrogen-bond donors (Lipinski definition) is 2. The molecule has 0 radical (unpaired) electrons. The van der Waals surface area contributed by atoms with Crippen LogP contribution >= 0.6 is 0 Å². The van der Waals surface area contributed by atoms with Crippen LogP contribution in [0.5, 0.6) is 0 Å². The van der Waals surface area contributed by atoms with Crippen molar-refractivity contribution < 1.29 is 9.53 Å². The first-order valence-electron chi connectivity index (χ1n) is 6.54. The van der Waals surface area contributed by atoms with Gasteiger partial charge in [0.25, 0.3) is 5.91 Å². The van der Waals surface area contributed by atoms with Gasteiger partial charge in [-0.05, 0) is 42.6 Å². The third-order valence-electron chi connectivity index (χ3n) is 3.62. The molecule has 2 heterocycles. The molecule has 1 fully saturated rings. The normalized spacial score (nSPS) is 22.6. The van der Waals surface area contributed by atoms with E-state index in [4.69, 9.17) is 4.74 Å². The summed E-state index contributed by atoms with van der Waals surface area (Å²) in [7, 11) is 0. The van der Waals surface area contributed by atoms with E-state index in [1.54, 1.807) is 0 Å².